The van der Waals surface area contributed by atoms with Crippen molar-refractivity contribution in [3.63, 3.8) is 0 Å². The molecule has 3 rings (SSSR count). The van der Waals surface area contributed by atoms with Crippen molar-refractivity contribution >= 4 is 23.3 Å². The van der Waals surface area contributed by atoms with E-state index in [-0.39, 0.29) is 11.9 Å². The Bertz CT molecular complexity index is 725. The molecular formula is C17H17N3O2. The number of carbonyl (C=O) groups is 2. The van der Waals surface area contributed by atoms with Crippen LogP contribution in [0.4, 0.5) is 16.2 Å². The zero-order chi connectivity index (χ0) is 15.7. The van der Waals surface area contributed by atoms with Gasteiger partial charge in [0.25, 0.3) is 5.91 Å². The molecule has 1 aliphatic rings. The summed E-state index contributed by atoms with van der Waals surface area (Å²) in [7, 11) is 0. The lowest BCUT2D eigenvalue weighted by molar-refractivity contribution is 0.0981. The van der Waals surface area contributed by atoms with Gasteiger partial charge in [0.1, 0.15) is 0 Å². The Morgan fingerprint density at radius 2 is 1.82 bits per heavy atom. The molecule has 1 heterocycles. The van der Waals surface area contributed by atoms with Crippen LogP contribution in [-0.4, -0.2) is 18.0 Å². The lowest BCUT2D eigenvalue weighted by Crippen LogP contribution is -2.35. The molecule has 1 atom stereocenters. The summed E-state index contributed by atoms with van der Waals surface area (Å²) in [6, 6.07) is 14.2. The number of benzene rings is 2. The molecule has 5 nitrogen and oxygen atoms in total. The summed E-state index contributed by atoms with van der Waals surface area (Å²) >= 11 is 0. The fraction of sp³-hybridized carbons (Fsp3) is 0.176. The second-order valence-corrected chi connectivity index (χ2v) is 5.42. The normalized spacial score (nSPS) is 16.2. The Labute approximate surface area is 128 Å². The summed E-state index contributed by atoms with van der Waals surface area (Å²) in [4.78, 5) is 25.4. The van der Waals surface area contributed by atoms with E-state index in [2.05, 4.69) is 11.4 Å². The highest BCUT2D eigenvalue weighted by atomic mass is 16.2. The minimum atomic E-state index is -0.624. The van der Waals surface area contributed by atoms with Crippen LogP contribution in [0.25, 0.3) is 0 Å². The molecule has 0 aliphatic carbocycles. The van der Waals surface area contributed by atoms with Crippen LogP contribution in [0.5, 0.6) is 0 Å². The highest BCUT2D eigenvalue weighted by Gasteiger charge is 2.31. The van der Waals surface area contributed by atoms with E-state index in [1.165, 1.54) is 5.56 Å². The number of carbonyl (C=O) groups excluding carboxylic acids is 2. The van der Waals surface area contributed by atoms with Crippen LogP contribution >= 0.6 is 0 Å². The molecule has 1 unspecified atom stereocenters. The number of amides is 3. The van der Waals surface area contributed by atoms with Crippen molar-refractivity contribution in [2.45, 2.75) is 19.4 Å². The average molecular weight is 295 g/mol. The molecule has 22 heavy (non-hydrogen) atoms. The number of hydrogen-bond donors (Lipinski definition) is 2. The van der Waals surface area contributed by atoms with Crippen LogP contribution < -0.4 is 16.0 Å². The first-order chi connectivity index (χ1) is 10.6. The topological polar surface area (TPSA) is 75.4 Å². The number of hydrogen-bond acceptors (Lipinski definition) is 2. The van der Waals surface area contributed by atoms with Crippen molar-refractivity contribution in [3.05, 3.63) is 59.7 Å². The van der Waals surface area contributed by atoms with Gasteiger partial charge >= 0.3 is 6.03 Å². The molecule has 112 valence electrons. The van der Waals surface area contributed by atoms with Crippen LogP contribution in [0, 0.1) is 0 Å². The quantitative estimate of drug-likeness (QED) is 0.894. The smallest absolute Gasteiger partial charge is 0.316 e. The van der Waals surface area contributed by atoms with Crippen LogP contribution in [0.15, 0.2) is 48.5 Å². The molecule has 2 aromatic rings. The van der Waals surface area contributed by atoms with Crippen molar-refractivity contribution in [3.8, 4) is 0 Å². The first-order valence-corrected chi connectivity index (χ1v) is 7.14. The molecule has 0 aromatic heterocycles. The predicted octanol–water partition coefficient (Wildman–Crippen LogP) is 2.77. The third-order valence-electron chi connectivity index (χ3n) is 3.83. The summed E-state index contributed by atoms with van der Waals surface area (Å²) in [5, 5.41) is 2.48. The molecule has 0 fully saturated rings. The van der Waals surface area contributed by atoms with Crippen LogP contribution in [0.2, 0.25) is 0 Å². The standard InChI is InChI=1S/C17H17N3O2/c1-11-10-13-4-2-3-5-15(13)20(11)16(21)12-6-8-14(9-7-12)19-17(18)22/h2-9,11H,10H2,1H3,(H3,18,19,22). The van der Waals surface area contributed by atoms with Gasteiger partial charge in [0, 0.05) is 23.0 Å². The maximum absolute atomic E-state index is 12.8. The molecule has 1 aliphatic heterocycles. The number of nitrogens with zero attached hydrogens (tertiary/aromatic N) is 1. The Morgan fingerprint density at radius 3 is 2.50 bits per heavy atom. The summed E-state index contributed by atoms with van der Waals surface area (Å²) in [6.45, 7) is 2.04. The van der Waals surface area contributed by atoms with Gasteiger partial charge in [-0.3, -0.25) is 4.79 Å². The predicted molar refractivity (Wildman–Crippen MR) is 86.1 cm³/mol. The molecule has 0 saturated heterocycles. The Hall–Kier alpha value is -2.82. The highest BCUT2D eigenvalue weighted by molar-refractivity contribution is 6.08. The van der Waals surface area contributed by atoms with Gasteiger partial charge in [-0.15, -0.1) is 0 Å². The third-order valence-corrected chi connectivity index (χ3v) is 3.83. The number of urea groups is 1. The summed E-state index contributed by atoms with van der Waals surface area (Å²) in [5.41, 5.74) is 8.38. The first-order valence-electron chi connectivity index (χ1n) is 7.14. The van der Waals surface area contributed by atoms with Gasteiger partial charge in [-0.25, -0.2) is 4.79 Å². The van der Waals surface area contributed by atoms with Gasteiger partial charge in [0.05, 0.1) is 0 Å². The van der Waals surface area contributed by atoms with Crippen LogP contribution in [-0.2, 0) is 6.42 Å². The lowest BCUT2D eigenvalue weighted by atomic mass is 10.1. The zero-order valence-electron chi connectivity index (χ0n) is 12.2. The van der Waals surface area contributed by atoms with Crippen molar-refractivity contribution in [1.82, 2.24) is 0 Å². The van der Waals surface area contributed by atoms with E-state index in [0.717, 1.165) is 12.1 Å². The Kier molecular flexibility index (Phi) is 3.55. The van der Waals surface area contributed by atoms with Crippen molar-refractivity contribution < 1.29 is 9.59 Å². The van der Waals surface area contributed by atoms with Crippen molar-refractivity contribution in [1.29, 1.82) is 0 Å². The van der Waals surface area contributed by atoms with Gasteiger partial charge < -0.3 is 16.0 Å². The highest BCUT2D eigenvalue weighted by Crippen LogP contribution is 2.33. The number of nitrogens with two attached hydrogens (primary N) is 1. The van der Waals surface area contributed by atoms with Crippen LogP contribution in [0.1, 0.15) is 22.8 Å². The number of nitrogens with one attached hydrogen (secondary N) is 1. The molecule has 0 radical (unpaired) electrons. The zero-order valence-corrected chi connectivity index (χ0v) is 12.2. The monoisotopic (exact) mass is 295 g/mol. The summed E-state index contributed by atoms with van der Waals surface area (Å²) in [6.07, 6.45) is 0.864. The van der Waals surface area contributed by atoms with E-state index in [0.29, 0.717) is 11.3 Å². The molecule has 0 bridgehead atoms. The van der Waals surface area contributed by atoms with Crippen molar-refractivity contribution in [2.75, 3.05) is 10.2 Å². The maximum Gasteiger partial charge on any atom is 0.316 e. The molecule has 0 saturated carbocycles. The van der Waals surface area contributed by atoms with Gasteiger partial charge in [-0.05, 0) is 49.2 Å². The van der Waals surface area contributed by atoms with Gasteiger partial charge in [-0.1, -0.05) is 18.2 Å². The Morgan fingerprint density at radius 1 is 1.14 bits per heavy atom. The molecule has 2 aromatic carbocycles. The van der Waals surface area contributed by atoms with E-state index in [1.54, 1.807) is 24.3 Å². The average Bonchev–Trinajstić information content (AvgIpc) is 2.82. The summed E-state index contributed by atoms with van der Waals surface area (Å²) < 4.78 is 0. The van der Waals surface area contributed by atoms with Gasteiger partial charge in [0.2, 0.25) is 0 Å². The van der Waals surface area contributed by atoms with E-state index in [4.69, 9.17) is 5.73 Å². The number of primary amides is 1. The molecule has 3 N–H and O–H groups in total. The number of rotatable bonds is 2. The van der Waals surface area contributed by atoms with Gasteiger partial charge in [0.15, 0.2) is 0 Å². The lowest BCUT2D eigenvalue weighted by Gasteiger charge is -2.23. The molecule has 3 amide bonds. The van der Waals surface area contributed by atoms with E-state index < -0.39 is 6.03 Å². The minimum absolute atomic E-state index is 0.0388. The van der Waals surface area contributed by atoms with Gasteiger partial charge in [-0.2, -0.15) is 0 Å². The second kappa shape index (κ2) is 5.52. The van der Waals surface area contributed by atoms with Crippen LogP contribution in [0.3, 0.4) is 0 Å². The number of fused-ring (bicyclic) bond motifs is 1. The SMILES string of the molecule is CC1Cc2ccccc2N1C(=O)c1ccc(NC(N)=O)cc1. The second-order valence-electron chi connectivity index (χ2n) is 5.42. The fourth-order valence-electron chi connectivity index (χ4n) is 2.85. The third kappa shape index (κ3) is 2.53. The van der Waals surface area contributed by atoms with E-state index >= 15 is 0 Å². The molecule has 0 spiro atoms. The largest absolute Gasteiger partial charge is 0.351 e. The van der Waals surface area contributed by atoms with E-state index in [1.807, 2.05) is 30.0 Å². The minimum Gasteiger partial charge on any atom is -0.351 e. The van der Waals surface area contributed by atoms with E-state index in [9.17, 15) is 9.59 Å². The molecule has 5 heteroatoms. The number of anilines is 2. The maximum atomic E-state index is 12.8. The fourth-order valence-corrected chi connectivity index (χ4v) is 2.85. The number of para-hydroxylation sites is 1. The molecular weight excluding hydrogens is 278 g/mol. The summed E-state index contributed by atoms with van der Waals surface area (Å²) in [5.74, 6) is -0.0388. The first kappa shape index (κ1) is 14.1. The van der Waals surface area contributed by atoms with Crippen molar-refractivity contribution in [2.24, 2.45) is 5.73 Å². The Balaban J connectivity index is 1.86.